The number of aliphatic hydroxyl groups excluding tert-OH is 1. The Labute approximate surface area is 201 Å². The molecule has 6 atom stereocenters. The number of alkyl halides is 1. The molecule has 0 aliphatic carbocycles. The molecule has 3 fully saturated rings. The largest absolute Gasteiger partial charge is 0.396 e. The van der Waals surface area contributed by atoms with E-state index >= 15 is 0 Å². The van der Waals surface area contributed by atoms with Gasteiger partial charge in [0, 0.05) is 36.3 Å². The first-order valence-electron chi connectivity index (χ1n) is 11.3. The number of carbonyl (C=O) groups excluding carboxylic acids is 3. The summed E-state index contributed by atoms with van der Waals surface area (Å²) in [6.45, 7) is 3.19. The number of fused-ring (bicyclic) bond motifs is 1. The standard InChI is InChI=1S/C23H30BrN3O4S/c1-2-9-25-20(29)16-17-22(31)27(10-6-11-28)19(23(17)12-15(24)18(16)32-23)21(30)26-13-14-7-4-3-5-8-14/h3-5,7-8,15-19,28H,2,6,9-13H2,1H3,(H,25,29)(H,26,30)/t15?,16-,17-,18-,19?,23?/m0/s1. The van der Waals surface area contributed by atoms with E-state index in [1.807, 2.05) is 37.3 Å². The van der Waals surface area contributed by atoms with E-state index in [0.29, 0.717) is 32.5 Å². The number of aliphatic hydroxyl groups is 1. The van der Waals surface area contributed by atoms with Crippen molar-refractivity contribution in [3.8, 4) is 0 Å². The van der Waals surface area contributed by atoms with Crippen LogP contribution < -0.4 is 10.6 Å². The number of nitrogens with one attached hydrogen (secondary N) is 2. The van der Waals surface area contributed by atoms with Crippen LogP contribution in [-0.4, -0.2) is 68.3 Å². The van der Waals surface area contributed by atoms with Gasteiger partial charge in [-0.2, -0.15) is 0 Å². The van der Waals surface area contributed by atoms with E-state index in [9.17, 15) is 19.5 Å². The topological polar surface area (TPSA) is 98.7 Å². The molecular weight excluding hydrogens is 494 g/mol. The normalized spacial score (nSPS) is 32.8. The Hall–Kier alpha value is -1.58. The van der Waals surface area contributed by atoms with Crippen LogP contribution in [0, 0.1) is 11.8 Å². The number of amides is 3. The van der Waals surface area contributed by atoms with Gasteiger partial charge in [0.1, 0.15) is 6.04 Å². The molecule has 0 aromatic heterocycles. The fourth-order valence-electron chi connectivity index (χ4n) is 5.46. The van der Waals surface area contributed by atoms with Crippen LogP contribution in [0.5, 0.6) is 0 Å². The minimum Gasteiger partial charge on any atom is -0.396 e. The summed E-state index contributed by atoms with van der Waals surface area (Å²) in [7, 11) is 0. The van der Waals surface area contributed by atoms with E-state index < -0.39 is 22.6 Å². The number of thioether (sulfide) groups is 1. The van der Waals surface area contributed by atoms with Gasteiger partial charge in [-0.1, -0.05) is 53.2 Å². The average molecular weight is 524 g/mol. The van der Waals surface area contributed by atoms with Crippen molar-refractivity contribution in [1.29, 1.82) is 0 Å². The van der Waals surface area contributed by atoms with E-state index in [0.717, 1.165) is 12.0 Å². The summed E-state index contributed by atoms with van der Waals surface area (Å²) in [6.07, 6.45) is 1.88. The molecule has 4 rings (SSSR count). The molecule has 0 saturated carbocycles. The van der Waals surface area contributed by atoms with Crippen LogP contribution in [0.2, 0.25) is 0 Å². The van der Waals surface area contributed by atoms with Crippen molar-refractivity contribution in [2.45, 2.75) is 53.6 Å². The van der Waals surface area contributed by atoms with Gasteiger partial charge in [0.2, 0.25) is 17.7 Å². The summed E-state index contributed by atoms with van der Waals surface area (Å²) in [6, 6.07) is 9.01. The summed E-state index contributed by atoms with van der Waals surface area (Å²) < 4.78 is -0.639. The molecule has 1 aromatic rings. The number of benzene rings is 1. The molecule has 3 heterocycles. The Morgan fingerprint density at radius 3 is 2.69 bits per heavy atom. The molecule has 2 bridgehead atoms. The Kier molecular flexibility index (Phi) is 7.17. The molecule has 174 valence electrons. The zero-order valence-corrected chi connectivity index (χ0v) is 20.5. The lowest BCUT2D eigenvalue weighted by Gasteiger charge is -2.35. The molecule has 3 aliphatic rings. The summed E-state index contributed by atoms with van der Waals surface area (Å²) >= 11 is 5.38. The van der Waals surface area contributed by atoms with Gasteiger partial charge in [0.25, 0.3) is 0 Å². The van der Waals surface area contributed by atoms with Gasteiger partial charge in [-0.05, 0) is 24.8 Å². The molecule has 3 saturated heterocycles. The quantitative estimate of drug-likeness (QED) is 0.427. The monoisotopic (exact) mass is 523 g/mol. The third-order valence-electron chi connectivity index (χ3n) is 6.76. The molecule has 32 heavy (non-hydrogen) atoms. The summed E-state index contributed by atoms with van der Waals surface area (Å²) in [5.41, 5.74) is 0.986. The van der Waals surface area contributed by atoms with Crippen LogP contribution in [0.25, 0.3) is 0 Å². The summed E-state index contributed by atoms with van der Waals surface area (Å²) in [5.74, 6) is -1.40. The van der Waals surface area contributed by atoms with Crippen molar-refractivity contribution in [1.82, 2.24) is 15.5 Å². The smallest absolute Gasteiger partial charge is 0.244 e. The molecule has 3 unspecified atom stereocenters. The third kappa shape index (κ3) is 3.96. The van der Waals surface area contributed by atoms with Gasteiger partial charge in [-0.3, -0.25) is 14.4 Å². The van der Waals surface area contributed by atoms with Crippen molar-refractivity contribution >= 4 is 45.4 Å². The number of nitrogens with zero attached hydrogens (tertiary/aromatic N) is 1. The molecule has 0 radical (unpaired) electrons. The molecule has 3 N–H and O–H groups in total. The number of hydrogen-bond acceptors (Lipinski definition) is 5. The van der Waals surface area contributed by atoms with Crippen molar-refractivity contribution in [3.63, 3.8) is 0 Å². The first-order valence-corrected chi connectivity index (χ1v) is 13.1. The van der Waals surface area contributed by atoms with Crippen LogP contribution in [-0.2, 0) is 20.9 Å². The lowest BCUT2D eigenvalue weighted by Crippen LogP contribution is -2.54. The lowest BCUT2D eigenvalue weighted by molar-refractivity contribution is -0.140. The Bertz CT molecular complexity index is 872. The number of likely N-dealkylation sites (tertiary alicyclic amines) is 1. The highest BCUT2D eigenvalue weighted by Crippen LogP contribution is 2.67. The molecule has 3 amide bonds. The Morgan fingerprint density at radius 2 is 2.00 bits per heavy atom. The second-order valence-electron chi connectivity index (χ2n) is 8.77. The fraction of sp³-hybridized carbons (Fsp3) is 0.609. The zero-order chi connectivity index (χ0) is 22.9. The van der Waals surface area contributed by atoms with Gasteiger partial charge in [-0.25, -0.2) is 0 Å². The molecule has 1 spiro atoms. The van der Waals surface area contributed by atoms with Gasteiger partial charge >= 0.3 is 0 Å². The van der Waals surface area contributed by atoms with E-state index in [2.05, 4.69) is 26.6 Å². The van der Waals surface area contributed by atoms with Crippen LogP contribution in [0.4, 0.5) is 0 Å². The van der Waals surface area contributed by atoms with Crippen LogP contribution in [0.15, 0.2) is 30.3 Å². The van der Waals surface area contributed by atoms with Gasteiger partial charge in [0.15, 0.2) is 0 Å². The van der Waals surface area contributed by atoms with Gasteiger partial charge in [0.05, 0.1) is 16.6 Å². The number of carbonyl (C=O) groups is 3. The average Bonchev–Trinajstić information content (AvgIpc) is 3.38. The summed E-state index contributed by atoms with van der Waals surface area (Å²) in [5, 5.41) is 15.4. The molecule has 7 nitrogen and oxygen atoms in total. The van der Waals surface area contributed by atoms with E-state index in [4.69, 9.17) is 0 Å². The zero-order valence-electron chi connectivity index (χ0n) is 18.1. The van der Waals surface area contributed by atoms with E-state index in [1.165, 1.54) is 0 Å². The molecular formula is C23H30BrN3O4S. The molecule has 3 aliphatic heterocycles. The van der Waals surface area contributed by atoms with Crippen LogP contribution in [0.1, 0.15) is 31.7 Å². The minimum absolute atomic E-state index is 0.0368. The number of halogens is 1. The maximum atomic E-state index is 13.6. The first kappa shape index (κ1) is 23.6. The predicted octanol–water partition coefficient (Wildman–Crippen LogP) is 1.68. The molecule has 1 aromatic carbocycles. The first-order chi connectivity index (χ1) is 15.4. The highest BCUT2D eigenvalue weighted by molar-refractivity contribution is 9.09. The Balaban J connectivity index is 1.63. The highest BCUT2D eigenvalue weighted by Gasteiger charge is 2.75. The maximum absolute atomic E-state index is 13.6. The van der Waals surface area contributed by atoms with Gasteiger partial charge in [-0.15, -0.1) is 11.8 Å². The van der Waals surface area contributed by atoms with Crippen molar-refractivity contribution in [3.05, 3.63) is 35.9 Å². The predicted molar refractivity (Wildman–Crippen MR) is 127 cm³/mol. The molecule has 9 heteroatoms. The van der Waals surface area contributed by atoms with E-state index in [1.54, 1.807) is 16.7 Å². The second kappa shape index (κ2) is 9.73. The third-order valence-corrected chi connectivity index (χ3v) is 9.98. The van der Waals surface area contributed by atoms with Gasteiger partial charge < -0.3 is 20.6 Å². The number of hydrogen-bond donors (Lipinski definition) is 3. The van der Waals surface area contributed by atoms with E-state index in [-0.39, 0.29) is 34.4 Å². The van der Waals surface area contributed by atoms with Crippen molar-refractivity contribution in [2.24, 2.45) is 11.8 Å². The SMILES string of the molecule is CCCNC(=O)[C@H]1[C@H]2C(=O)N(CCCO)C(C(=O)NCc3ccccc3)C23CC(Br)[C@@H]1S3. The Morgan fingerprint density at radius 1 is 1.25 bits per heavy atom. The highest BCUT2D eigenvalue weighted by atomic mass is 79.9. The van der Waals surface area contributed by atoms with Crippen LogP contribution >= 0.6 is 27.7 Å². The minimum atomic E-state index is -0.658. The maximum Gasteiger partial charge on any atom is 0.244 e. The summed E-state index contributed by atoms with van der Waals surface area (Å²) in [4.78, 5) is 41.9. The fourth-order valence-corrected chi connectivity index (χ4v) is 9.07. The second-order valence-corrected chi connectivity index (χ2v) is 11.5. The van der Waals surface area contributed by atoms with Crippen LogP contribution in [0.3, 0.4) is 0 Å². The number of rotatable bonds is 9. The van der Waals surface area contributed by atoms with Crippen molar-refractivity contribution < 1.29 is 19.5 Å². The van der Waals surface area contributed by atoms with Crippen molar-refractivity contribution in [2.75, 3.05) is 19.7 Å². The lowest BCUT2D eigenvalue weighted by atomic mass is 9.70.